The van der Waals surface area contributed by atoms with Crippen molar-refractivity contribution in [3.8, 4) is 11.5 Å². The molecule has 1 atom stereocenters. The van der Waals surface area contributed by atoms with Crippen LogP contribution in [0, 0.1) is 6.92 Å². The Balaban J connectivity index is 2.12. The Bertz CT molecular complexity index is 785. The zero-order valence-electron chi connectivity index (χ0n) is 14.4. The molecule has 0 amide bonds. The van der Waals surface area contributed by atoms with Crippen molar-refractivity contribution in [3.05, 3.63) is 59.2 Å². The van der Waals surface area contributed by atoms with Gasteiger partial charge in [-0.25, -0.2) is 13.1 Å². The minimum atomic E-state index is -3.45. The van der Waals surface area contributed by atoms with Crippen molar-refractivity contribution in [1.82, 2.24) is 4.72 Å². The van der Waals surface area contributed by atoms with E-state index >= 15 is 0 Å². The van der Waals surface area contributed by atoms with Gasteiger partial charge in [0.25, 0.3) is 0 Å². The molecule has 1 N–H and O–H groups in total. The SMILES string of the molecule is COc1ccc([C@@H](C)NS(=O)(=O)Cc2ccc(C)cc2)cc1OC. The number of nitrogens with one attached hydrogen (secondary N) is 1. The van der Waals surface area contributed by atoms with E-state index in [4.69, 9.17) is 9.47 Å². The van der Waals surface area contributed by atoms with Crippen molar-refractivity contribution < 1.29 is 17.9 Å². The number of methoxy groups -OCH3 is 2. The molecule has 2 rings (SSSR count). The van der Waals surface area contributed by atoms with E-state index in [0.717, 1.165) is 16.7 Å². The fourth-order valence-electron chi connectivity index (χ4n) is 2.40. The van der Waals surface area contributed by atoms with E-state index in [0.29, 0.717) is 11.5 Å². The minimum absolute atomic E-state index is 0.0507. The maximum absolute atomic E-state index is 12.4. The van der Waals surface area contributed by atoms with Crippen LogP contribution in [0.4, 0.5) is 0 Å². The van der Waals surface area contributed by atoms with Crippen molar-refractivity contribution in [3.63, 3.8) is 0 Å². The fraction of sp³-hybridized carbons (Fsp3) is 0.333. The Morgan fingerprint density at radius 3 is 2.21 bits per heavy atom. The number of sulfonamides is 1. The van der Waals surface area contributed by atoms with E-state index in [-0.39, 0.29) is 11.8 Å². The first-order chi connectivity index (χ1) is 11.3. The molecule has 0 bridgehead atoms. The molecule has 0 spiro atoms. The van der Waals surface area contributed by atoms with Crippen LogP contribution in [0.5, 0.6) is 11.5 Å². The molecule has 6 heteroatoms. The lowest BCUT2D eigenvalue weighted by molar-refractivity contribution is 0.354. The van der Waals surface area contributed by atoms with E-state index in [1.165, 1.54) is 0 Å². The zero-order valence-corrected chi connectivity index (χ0v) is 15.2. The zero-order chi connectivity index (χ0) is 17.7. The molecule has 5 nitrogen and oxygen atoms in total. The maximum Gasteiger partial charge on any atom is 0.216 e. The topological polar surface area (TPSA) is 64.6 Å². The number of benzene rings is 2. The van der Waals surface area contributed by atoms with Gasteiger partial charge in [-0.1, -0.05) is 35.9 Å². The Hall–Kier alpha value is -2.05. The van der Waals surface area contributed by atoms with Gasteiger partial charge < -0.3 is 9.47 Å². The van der Waals surface area contributed by atoms with Crippen molar-refractivity contribution in [1.29, 1.82) is 0 Å². The molecule has 0 aliphatic heterocycles. The third kappa shape index (κ3) is 4.72. The van der Waals surface area contributed by atoms with Gasteiger partial charge in [-0.2, -0.15) is 0 Å². The van der Waals surface area contributed by atoms with Gasteiger partial charge in [0.15, 0.2) is 11.5 Å². The summed E-state index contributed by atoms with van der Waals surface area (Å²) in [6, 6.07) is 12.5. The van der Waals surface area contributed by atoms with Crippen molar-refractivity contribution in [2.75, 3.05) is 14.2 Å². The highest BCUT2D eigenvalue weighted by atomic mass is 32.2. The van der Waals surface area contributed by atoms with Crippen molar-refractivity contribution >= 4 is 10.0 Å². The van der Waals surface area contributed by atoms with Gasteiger partial charge in [0, 0.05) is 6.04 Å². The first-order valence-corrected chi connectivity index (χ1v) is 9.27. The van der Waals surface area contributed by atoms with Crippen LogP contribution in [0.1, 0.15) is 29.7 Å². The summed E-state index contributed by atoms with van der Waals surface area (Å²) in [5.41, 5.74) is 2.66. The van der Waals surface area contributed by atoms with Crippen molar-refractivity contribution in [2.45, 2.75) is 25.6 Å². The molecule has 0 saturated carbocycles. The average Bonchev–Trinajstić information content (AvgIpc) is 2.55. The fourth-order valence-corrected chi connectivity index (χ4v) is 3.79. The van der Waals surface area contributed by atoms with Crippen LogP contribution in [-0.2, 0) is 15.8 Å². The van der Waals surface area contributed by atoms with Crippen LogP contribution in [0.25, 0.3) is 0 Å². The van der Waals surface area contributed by atoms with E-state index in [9.17, 15) is 8.42 Å². The predicted molar refractivity (Wildman–Crippen MR) is 94.9 cm³/mol. The molecule has 0 radical (unpaired) electrons. The highest BCUT2D eigenvalue weighted by Gasteiger charge is 2.18. The molecule has 0 heterocycles. The summed E-state index contributed by atoms with van der Waals surface area (Å²) in [7, 11) is -0.342. The Morgan fingerprint density at radius 1 is 1.00 bits per heavy atom. The molecule has 2 aromatic rings. The normalized spacial score (nSPS) is 12.7. The lowest BCUT2D eigenvalue weighted by atomic mass is 10.1. The molecule has 0 fully saturated rings. The number of aryl methyl sites for hydroxylation is 1. The Labute approximate surface area is 143 Å². The highest BCUT2D eigenvalue weighted by Crippen LogP contribution is 2.30. The largest absolute Gasteiger partial charge is 0.493 e. The monoisotopic (exact) mass is 349 g/mol. The van der Waals surface area contributed by atoms with Crippen LogP contribution >= 0.6 is 0 Å². The number of hydrogen-bond acceptors (Lipinski definition) is 4. The standard InChI is InChI=1S/C18H23NO4S/c1-13-5-7-15(8-6-13)12-24(20,21)19-14(2)16-9-10-17(22-3)18(11-16)23-4/h5-11,14,19H,12H2,1-4H3/t14-/m1/s1. The number of ether oxygens (including phenoxy) is 2. The molecule has 0 aliphatic rings. The summed E-state index contributed by atoms with van der Waals surface area (Å²) < 4.78 is 37.9. The van der Waals surface area contributed by atoms with Gasteiger partial charge in [0.1, 0.15) is 0 Å². The second-order valence-electron chi connectivity index (χ2n) is 5.70. The smallest absolute Gasteiger partial charge is 0.216 e. The van der Waals surface area contributed by atoms with Crippen LogP contribution in [0.15, 0.2) is 42.5 Å². The summed E-state index contributed by atoms with van der Waals surface area (Å²) in [6.07, 6.45) is 0. The van der Waals surface area contributed by atoms with Gasteiger partial charge in [-0.15, -0.1) is 0 Å². The Kier molecular flexibility index (Phi) is 5.85. The quantitative estimate of drug-likeness (QED) is 0.834. The van der Waals surface area contributed by atoms with E-state index in [1.807, 2.05) is 37.3 Å². The van der Waals surface area contributed by atoms with Crippen LogP contribution < -0.4 is 14.2 Å². The van der Waals surface area contributed by atoms with Gasteiger partial charge in [-0.05, 0) is 37.1 Å². The summed E-state index contributed by atoms with van der Waals surface area (Å²) in [4.78, 5) is 0. The average molecular weight is 349 g/mol. The molecule has 0 unspecified atom stereocenters. The van der Waals surface area contributed by atoms with Gasteiger partial charge in [-0.3, -0.25) is 0 Å². The summed E-state index contributed by atoms with van der Waals surface area (Å²) in [6.45, 7) is 3.77. The summed E-state index contributed by atoms with van der Waals surface area (Å²) in [5, 5.41) is 0. The second kappa shape index (κ2) is 7.68. The predicted octanol–water partition coefficient (Wildman–Crippen LogP) is 3.19. The second-order valence-corrected chi connectivity index (χ2v) is 7.45. The lowest BCUT2D eigenvalue weighted by Crippen LogP contribution is -2.28. The van der Waals surface area contributed by atoms with Crippen molar-refractivity contribution in [2.24, 2.45) is 0 Å². The van der Waals surface area contributed by atoms with Gasteiger partial charge in [0.05, 0.1) is 20.0 Å². The van der Waals surface area contributed by atoms with Gasteiger partial charge in [0.2, 0.25) is 10.0 Å². The molecule has 0 aromatic heterocycles. The summed E-state index contributed by atoms with van der Waals surface area (Å²) >= 11 is 0. The number of rotatable bonds is 7. The highest BCUT2D eigenvalue weighted by molar-refractivity contribution is 7.88. The molecule has 24 heavy (non-hydrogen) atoms. The number of hydrogen-bond donors (Lipinski definition) is 1. The van der Waals surface area contributed by atoms with Crippen LogP contribution in [-0.4, -0.2) is 22.6 Å². The lowest BCUT2D eigenvalue weighted by Gasteiger charge is -2.17. The molecule has 0 saturated heterocycles. The maximum atomic E-state index is 12.4. The third-order valence-corrected chi connectivity index (χ3v) is 5.17. The van der Waals surface area contributed by atoms with E-state index < -0.39 is 10.0 Å². The van der Waals surface area contributed by atoms with Crippen LogP contribution in [0.3, 0.4) is 0 Å². The molecule has 130 valence electrons. The summed E-state index contributed by atoms with van der Waals surface area (Å²) in [5.74, 6) is 1.13. The molecule has 2 aromatic carbocycles. The first-order valence-electron chi connectivity index (χ1n) is 7.62. The molecule has 0 aliphatic carbocycles. The van der Waals surface area contributed by atoms with Crippen LogP contribution in [0.2, 0.25) is 0 Å². The van der Waals surface area contributed by atoms with E-state index in [2.05, 4.69) is 4.72 Å². The van der Waals surface area contributed by atoms with E-state index in [1.54, 1.807) is 33.3 Å². The molecular weight excluding hydrogens is 326 g/mol. The minimum Gasteiger partial charge on any atom is -0.493 e. The van der Waals surface area contributed by atoms with Gasteiger partial charge >= 0.3 is 0 Å². The third-order valence-electron chi connectivity index (χ3n) is 3.74. The first kappa shape index (κ1) is 18.3. The Morgan fingerprint density at radius 2 is 1.62 bits per heavy atom. The molecular formula is C18H23NO4S.